The summed E-state index contributed by atoms with van der Waals surface area (Å²) in [5.74, 6) is 0.666. The Balaban J connectivity index is 1.98. The largest absolute Gasteiger partial charge is 0.394 e. The molecule has 0 aromatic carbocycles. The molecule has 1 saturated heterocycles. The molecule has 4 nitrogen and oxygen atoms in total. The zero-order valence-corrected chi connectivity index (χ0v) is 7.91. The van der Waals surface area contributed by atoms with Crippen molar-refractivity contribution in [2.75, 3.05) is 32.9 Å². The van der Waals surface area contributed by atoms with E-state index in [1.807, 2.05) is 0 Å². The average molecular weight is 189 g/mol. The van der Waals surface area contributed by atoms with Gasteiger partial charge in [0.05, 0.1) is 12.7 Å². The van der Waals surface area contributed by atoms with Crippen LogP contribution in [0.25, 0.3) is 0 Å². The quantitative estimate of drug-likeness (QED) is 0.538. The number of hydrogen-bond donors (Lipinski definition) is 3. The molecule has 1 heterocycles. The van der Waals surface area contributed by atoms with E-state index in [1.54, 1.807) is 0 Å². The molecule has 0 bridgehead atoms. The van der Waals surface area contributed by atoms with Crippen LogP contribution in [0.5, 0.6) is 0 Å². The lowest BCUT2D eigenvalue weighted by Crippen LogP contribution is -2.34. The zero-order chi connectivity index (χ0) is 9.52. The Kier molecular flexibility index (Phi) is 5.31. The molecule has 1 aliphatic heterocycles. The van der Waals surface area contributed by atoms with Gasteiger partial charge in [-0.3, -0.25) is 0 Å². The number of ether oxygens (including phenoxy) is 1. The number of aliphatic hydroxyl groups is 2. The van der Waals surface area contributed by atoms with E-state index in [2.05, 4.69) is 5.32 Å². The lowest BCUT2D eigenvalue weighted by molar-refractivity contribution is 0.0619. The van der Waals surface area contributed by atoms with Gasteiger partial charge < -0.3 is 20.3 Å². The molecule has 0 radical (unpaired) electrons. The van der Waals surface area contributed by atoms with Gasteiger partial charge in [0.25, 0.3) is 0 Å². The second-order valence-electron chi connectivity index (χ2n) is 3.55. The van der Waals surface area contributed by atoms with Crippen LogP contribution in [0.15, 0.2) is 0 Å². The minimum Gasteiger partial charge on any atom is -0.394 e. The van der Waals surface area contributed by atoms with Crippen molar-refractivity contribution in [3.8, 4) is 0 Å². The maximum absolute atomic E-state index is 9.05. The molecule has 0 spiro atoms. The first-order valence-electron chi connectivity index (χ1n) is 4.90. The summed E-state index contributed by atoms with van der Waals surface area (Å²) in [6.45, 7) is 2.94. The molecule has 1 unspecified atom stereocenters. The minimum atomic E-state index is -0.625. The van der Waals surface area contributed by atoms with E-state index in [-0.39, 0.29) is 6.61 Å². The molecule has 0 aromatic rings. The SMILES string of the molecule is OCC(O)CNCC1CCOCC1. The summed E-state index contributed by atoms with van der Waals surface area (Å²) in [5.41, 5.74) is 0. The van der Waals surface area contributed by atoms with Crippen molar-refractivity contribution in [2.45, 2.75) is 18.9 Å². The molecular formula is C9H19NO3. The van der Waals surface area contributed by atoms with Gasteiger partial charge in [0.2, 0.25) is 0 Å². The molecule has 0 saturated carbocycles. The monoisotopic (exact) mass is 189 g/mol. The summed E-state index contributed by atoms with van der Waals surface area (Å²) in [6.07, 6.45) is 1.57. The van der Waals surface area contributed by atoms with Crippen molar-refractivity contribution in [1.82, 2.24) is 5.32 Å². The summed E-state index contributed by atoms with van der Waals surface area (Å²) in [7, 11) is 0. The third-order valence-electron chi connectivity index (χ3n) is 2.36. The fourth-order valence-corrected chi connectivity index (χ4v) is 1.47. The zero-order valence-electron chi connectivity index (χ0n) is 7.91. The van der Waals surface area contributed by atoms with Crippen LogP contribution in [0, 0.1) is 5.92 Å². The molecule has 4 heteroatoms. The standard InChI is InChI=1S/C9H19NO3/c11-7-9(12)6-10-5-8-1-3-13-4-2-8/h8-12H,1-7H2. The van der Waals surface area contributed by atoms with Gasteiger partial charge in [0.1, 0.15) is 0 Å². The highest BCUT2D eigenvalue weighted by Gasteiger charge is 2.13. The van der Waals surface area contributed by atoms with Crippen LogP contribution in [0.3, 0.4) is 0 Å². The molecule has 13 heavy (non-hydrogen) atoms. The summed E-state index contributed by atoms with van der Waals surface area (Å²) < 4.78 is 5.23. The smallest absolute Gasteiger partial charge is 0.0894 e. The maximum Gasteiger partial charge on any atom is 0.0894 e. The Hall–Kier alpha value is -0.160. The fourth-order valence-electron chi connectivity index (χ4n) is 1.47. The van der Waals surface area contributed by atoms with Crippen LogP contribution < -0.4 is 5.32 Å². The Morgan fingerprint density at radius 2 is 2.08 bits per heavy atom. The first-order valence-corrected chi connectivity index (χ1v) is 4.90. The van der Waals surface area contributed by atoms with Crippen LogP contribution in [0.2, 0.25) is 0 Å². The number of hydrogen-bond acceptors (Lipinski definition) is 4. The highest BCUT2D eigenvalue weighted by Crippen LogP contribution is 2.12. The number of nitrogens with one attached hydrogen (secondary N) is 1. The van der Waals surface area contributed by atoms with E-state index in [0.717, 1.165) is 32.6 Å². The molecule has 3 N–H and O–H groups in total. The second kappa shape index (κ2) is 6.32. The van der Waals surface area contributed by atoms with Gasteiger partial charge in [-0.1, -0.05) is 0 Å². The van der Waals surface area contributed by atoms with E-state index in [0.29, 0.717) is 12.5 Å². The Morgan fingerprint density at radius 3 is 2.69 bits per heavy atom. The second-order valence-corrected chi connectivity index (χ2v) is 3.55. The summed E-state index contributed by atoms with van der Waals surface area (Å²) in [4.78, 5) is 0. The van der Waals surface area contributed by atoms with Crippen LogP contribution in [-0.4, -0.2) is 49.2 Å². The van der Waals surface area contributed by atoms with Gasteiger partial charge in [-0.05, 0) is 25.3 Å². The Morgan fingerprint density at radius 1 is 1.38 bits per heavy atom. The third-order valence-corrected chi connectivity index (χ3v) is 2.36. The van der Waals surface area contributed by atoms with Crippen molar-refractivity contribution in [1.29, 1.82) is 0 Å². The van der Waals surface area contributed by atoms with E-state index >= 15 is 0 Å². The highest BCUT2D eigenvalue weighted by atomic mass is 16.5. The number of aliphatic hydroxyl groups excluding tert-OH is 2. The predicted octanol–water partition coefficient (Wildman–Crippen LogP) is -0.644. The van der Waals surface area contributed by atoms with Gasteiger partial charge >= 0.3 is 0 Å². The molecule has 1 rings (SSSR count). The maximum atomic E-state index is 9.05. The third kappa shape index (κ3) is 4.57. The lowest BCUT2D eigenvalue weighted by Gasteiger charge is -2.22. The summed E-state index contributed by atoms with van der Waals surface area (Å²) >= 11 is 0. The Bertz CT molecular complexity index is 126. The molecule has 78 valence electrons. The molecule has 1 atom stereocenters. The lowest BCUT2D eigenvalue weighted by atomic mass is 10.0. The van der Waals surface area contributed by atoms with Gasteiger partial charge in [-0.15, -0.1) is 0 Å². The van der Waals surface area contributed by atoms with E-state index in [4.69, 9.17) is 14.9 Å². The van der Waals surface area contributed by atoms with Gasteiger partial charge in [0, 0.05) is 19.8 Å². The number of rotatable bonds is 5. The molecule has 1 fully saturated rings. The van der Waals surface area contributed by atoms with Crippen LogP contribution >= 0.6 is 0 Å². The Labute approximate surface area is 78.9 Å². The van der Waals surface area contributed by atoms with Crippen molar-refractivity contribution in [3.05, 3.63) is 0 Å². The molecular weight excluding hydrogens is 170 g/mol. The van der Waals surface area contributed by atoms with Crippen molar-refractivity contribution in [3.63, 3.8) is 0 Å². The first-order chi connectivity index (χ1) is 6.33. The van der Waals surface area contributed by atoms with Gasteiger partial charge in [0.15, 0.2) is 0 Å². The first kappa shape index (κ1) is 10.9. The fraction of sp³-hybridized carbons (Fsp3) is 1.00. The van der Waals surface area contributed by atoms with Crippen LogP contribution in [0.4, 0.5) is 0 Å². The van der Waals surface area contributed by atoms with E-state index in [9.17, 15) is 0 Å². The van der Waals surface area contributed by atoms with E-state index in [1.165, 1.54) is 0 Å². The van der Waals surface area contributed by atoms with Crippen LogP contribution in [0.1, 0.15) is 12.8 Å². The summed E-state index contributed by atoms with van der Waals surface area (Å²) in [5, 5.41) is 20.8. The highest BCUT2D eigenvalue weighted by molar-refractivity contribution is 4.67. The molecule has 0 aliphatic carbocycles. The summed E-state index contributed by atoms with van der Waals surface area (Å²) in [6, 6.07) is 0. The topological polar surface area (TPSA) is 61.7 Å². The van der Waals surface area contributed by atoms with Gasteiger partial charge in [-0.25, -0.2) is 0 Å². The van der Waals surface area contributed by atoms with Gasteiger partial charge in [-0.2, -0.15) is 0 Å². The molecule has 0 amide bonds. The van der Waals surface area contributed by atoms with Crippen molar-refractivity contribution in [2.24, 2.45) is 5.92 Å². The normalized spacial score (nSPS) is 21.7. The molecule has 1 aliphatic rings. The predicted molar refractivity (Wildman–Crippen MR) is 49.5 cm³/mol. The average Bonchev–Trinajstić information content (AvgIpc) is 2.19. The van der Waals surface area contributed by atoms with Crippen LogP contribution in [-0.2, 0) is 4.74 Å². The van der Waals surface area contributed by atoms with E-state index < -0.39 is 6.10 Å². The van der Waals surface area contributed by atoms with Crippen molar-refractivity contribution < 1.29 is 14.9 Å². The molecule has 0 aromatic heterocycles. The van der Waals surface area contributed by atoms with Crippen molar-refractivity contribution >= 4 is 0 Å². The minimum absolute atomic E-state index is 0.166.